The molecule has 30 heavy (non-hydrogen) atoms. The summed E-state index contributed by atoms with van der Waals surface area (Å²) < 4.78 is 11.0. The van der Waals surface area contributed by atoms with Crippen LogP contribution in [-0.4, -0.2) is 53.9 Å². The minimum atomic E-state index is -0.0297. The van der Waals surface area contributed by atoms with Crippen LogP contribution in [0.5, 0.6) is 11.8 Å². The van der Waals surface area contributed by atoms with Gasteiger partial charge >= 0.3 is 0 Å². The Kier molecular flexibility index (Phi) is 8.84. The molecule has 11 heteroatoms. The number of hydrogen-bond donors (Lipinski definition) is 6. The first kappa shape index (κ1) is 22.4. The summed E-state index contributed by atoms with van der Waals surface area (Å²) in [5.74, 6) is 1.26. The van der Waals surface area contributed by atoms with E-state index in [1.807, 2.05) is 0 Å². The van der Waals surface area contributed by atoms with Crippen molar-refractivity contribution >= 4 is 17.6 Å². The van der Waals surface area contributed by atoms with Crippen molar-refractivity contribution in [2.45, 2.75) is 12.8 Å². The minimum Gasteiger partial charge on any atom is -0.478 e. The Morgan fingerprint density at radius 2 is 1.40 bits per heavy atom. The first-order valence-electron chi connectivity index (χ1n) is 9.36. The molecule has 0 aliphatic heterocycles. The summed E-state index contributed by atoms with van der Waals surface area (Å²) in [5, 5.41) is 17.6. The van der Waals surface area contributed by atoms with E-state index in [-0.39, 0.29) is 11.7 Å². The van der Waals surface area contributed by atoms with Gasteiger partial charge in [-0.3, -0.25) is 15.8 Å². The molecular formula is C19H27N9O2. The van der Waals surface area contributed by atoms with Crippen molar-refractivity contribution in [3.8, 4) is 11.8 Å². The van der Waals surface area contributed by atoms with Crippen molar-refractivity contribution in [2.24, 2.45) is 22.2 Å². The number of guanidine groups is 1. The SMILES string of the molecule is N=C(N)c1ccc(OCCCN=C(N)NCCCOc2ccc(C(=N)N)cn2)nc1. The van der Waals surface area contributed by atoms with Crippen LogP contribution in [0.1, 0.15) is 24.0 Å². The summed E-state index contributed by atoms with van der Waals surface area (Å²) in [6.45, 7) is 2.06. The number of nitrogen functional groups attached to an aromatic ring is 2. The van der Waals surface area contributed by atoms with Gasteiger partial charge in [0.2, 0.25) is 11.8 Å². The van der Waals surface area contributed by atoms with Crippen molar-refractivity contribution in [1.82, 2.24) is 15.3 Å². The molecule has 160 valence electrons. The number of aliphatic imine (C=N–C) groups is 1. The van der Waals surface area contributed by atoms with Gasteiger partial charge in [-0.2, -0.15) is 0 Å². The second-order valence-corrected chi connectivity index (χ2v) is 6.20. The van der Waals surface area contributed by atoms with Crippen LogP contribution in [0.2, 0.25) is 0 Å². The third kappa shape index (κ3) is 8.00. The van der Waals surface area contributed by atoms with Crippen molar-refractivity contribution < 1.29 is 9.47 Å². The van der Waals surface area contributed by atoms with Crippen LogP contribution in [0.25, 0.3) is 0 Å². The van der Waals surface area contributed by atoms with E-state index in [2.05, 4.69) is 20.3 Å². The molecule has 2 aromatic rings. The lowest BCUT2D eigenvalue weighted by molar-refractivity contribution is 0.299. The van der Waals surface area contributed by atoms with E-state index in [4.69, 9.17) is 37.5 Å². The quantitative estimate of drug-likeness (QED) is 0.161. The number of hydrogen-bond acceptors (Lipinski definition) is 7. The van der Waals surface area contributed by atoms with E-state index in [1.165, 1.54) is 12.4 Å². The van der Waals surface area contributed by atoms with E-state index in [0.717, 1.165) is 6.42 Å². The second kappa shape index (κ2) is 11.8. The van der Waals surface area contributed by atoms with Crippen molar-refractivity contribution in [3.63, 3.8) is 0 Å². The van der Waals surface area contributed by atoms with Crippen LogP contribution >= 0.6 is 0 Å². The normalized spacial score (nSPS) is 11.0. The van der Waals surface area contributed by atoms with Crippen molar-refractivity contribution in [1.29, 1.82) is 10.8 Å². The Balaban J connectivity index is 1.54. The van der Waals surface area contributed by atoms with E-state index < -0.39 is 0 Å². The summed E-state index contributed by atoms with van der Waals surface area (Å²) in [6.07, 6.45) is 4.40. The van der Waals surface area contributed by atoms with E-state index in [1.54, 1.807) is 24.3 Å². The standard InChI is InChI=1S/C19H27N9O2/c20-17(21)13-3-5-15(27-11-13)29-9-1-7-25-19(24)26-8-2-10-30-16-6-4-14(12-28-16)18(22)23/h3-6,11-12H,1-2,7-10H2,(H3,20,21)(H3,22,23)(H3,24,25,26). The maximum atomic E-state index is 7.32. The molecule has 9 N–H and O–H groups in total. The van der Waals surface area contributed by atoms with Crippen LogP contribution in [-0.2, 0) is 0 Å². The summed E-state index contributed by atoms with van der Waals surface area (Å²) in [6, 6.07) is 6.72. The molecule has 2 heterocycles. The Morgan fingerprint density at radius 3 is 1.87 bits per heavy atom. The zero-order valence-electron chi connectivity index (χ0n) is 16.6. The Hall–Kier alpha value is -3.89. The summed E-state index contributed by atoms with van der Waals surface area (Å²) in [7, 11) is 0. The molecule has 0 aliphatic rings. The van der Waals surface area contributed by atoms with Crippen LogP contribution in [0.15, 0.2) is 41.7 Å². The maximum Gasteiger partial charge on any atom is 0.213 e. The van der Waals surface area contributed by atoms with E-state index in [0.29, 0.717) is 61.6 Å². The topological polar surface area (TPSA) is 194 Å². The number of nitrogens with one attached hydrogen (secondary N) is 3. The van der Waals surface area contributed by atoms with Crippen molar-refractivity contribution in [2.75, 3.05) is 26.3 Å². The Morgan fingerprint density at radius 1 is 0.867 bits per heavy atom. The lowest BCUT2D eigenvalue weighted by Gasteiger charge is -2.08. The highest BCUT2D eigenvalue weighted by atomic mass is 16.5. The predicted octanol–water partition coefficient (Wildman–Crippen LogP) is 0.187. The molecule has 0 amide bonds. The number of pyridine rings is 2. The molecule has 0 aliphatic carbocycles. The molecule has 0 saturated carbocycles. The smallest absolute Gasteiger partial charge is 0.213 e. The largest absolute Gasteiger partial charge is 0.478 e. The van der Waals surface area contributed by atoms with Crippen LogP contribution < -0.4 is 32.0 Å². The zero-order chi connectivity index (χ0) is 21.8. The fraction of sp³-hybridized carbons (Fsp3) is 0.316. The highest BCUT2D eigenvalue weighted by molar-refractivity contribution is 5.95. The molecule has 2 rings (SSSR count). The van der Waals surface area contributed by atoms with Gasteiger partial charge in [0.25, 0.3) is 0 Å². The molecule has 0 unspecified atom stereocenters. The number of ether oxygens (including phenoxy) is 2. The van der Waals surface area contributed by atoms with Crippen molar-refractivity contribution in [3.05, 3.63) is 47.8 Å². The number of rotatable bonds is 12. The van der Waals surface area contributed by atoms with Crippen LogP contribution in [0.3, 0.4) is 0 Å². The molecule has 0 aromatic carbocycles. The van der Waals surface area contributed by atoms with Gasteiger partial charge in [-0.15, -0.1) is 0 Å². The number of aromatic nitrogens is 2. The molecule has 0 saturated heterocycles. The van der Waals surface area contributed by atoms with Gasteiger partial charge in [-0.1, -0.05) is 0 Å². The summed E-state index contributed by atoms with van der Waals surface area (Å²) in [4.78, 5) is 12.4. The molecule has 2 aromatic heterocycles. The second-order valence-electron chi connectivity index (χ2n) is 6.20. The predicted molar refractivity (Wildman–Crippen MR) is 115 cm³/mol. The van der Waals surface area contributed by atoms with Gasteiger partial charge in [0.05, 0.1) is 13.2 Å². The monoisotopic (exact) mass is 413 g/mol. The summed E-state index contributed by atoms with van der Waals surface area (Å²) >= 11 is 0. The first-order chi connectivity index (χ1) is 14.5. The average Bonchev–Trinajstić information content (AvgIpc) is 2.74. The lowest BCUT2D eigenvalue weighted by Crippen LogP contribution is -2.33. The highest BCUT2D eigenvalue weighted by Gasteiger charge is 2.01. The number of nitrogens with two attached hydrogens (primary N) is 3. The van der Waals surface area contributed by atoms with Crippen LogP contribution in [0, 0.1) is 10.8 Å². The van der Waals surface area contributed by atoms with E-state index >= 15 is 0 Å². The molecule has 0 atom stereocenters. The van der Waals surface area contributed by atoms with Gasteiger partial charge in [0.15, 0.2) is 5.96 Å². The molecule has 0 bridgehead atoms. The molecule has 11 nitrogen and oxygen atoms in total. The Bertz CT molecular complexity index is 851. The minimum absolute atomic E-state index is 0.0282. The van der Waals surface area contributed by atoms with Gasteiger partial charge in [-0.25, -0.2) is 9.97 Å². The fourth-order valence-electron chi connectivity index (χ4n) is 2.21. The highest BCUT2D eigenvalue weighted by Crippen LogP contribution is 2.08. The first-order valence-corrected chi connectivity index (χ1v) is 9.36. The Labute approximate surface area is 174 Å². The van der Waals surface area contributed by atoms with Crippen LogP contribution in [0.4, 0.5) is 0 Å². The van der Waals surface area contributed by atoms with Gasteiger partial charge in [0.1, 0.15) is 11.7 Å². The third-order valence-corrected chi connectivity index (χ3v) is 3.81. The average molecular weight is 413 g/mol. The number of amidine groups is 2. The summed E-state index contributed by atoms with van der Waals surface area (Å²) in [5.41, 5.74) is 17.7. The molecule has 0 radical (unpaired) electrons. The molecule has 0 fully saturated rings. The van der Waals surface area contributed by atoms with E-state index in [9.17, 15) is 0 Å². The lowest BCUT2D eigenvalue weighted by atomic mass is 10.3. The fourth-order valence-corrected chi connectivity index (χ4v) is 2.21. The molecule has 0 spiro atoms. The maximum absolute atomic E-state index is 7.32. The third-order valence-electron chi connectivity index (χ3n) is 3.81. The van der Waals surface area contributed by atoms with Gasteiger partial charge in [-0.05, 0) is 18.6 Å². The zero-order valence-corrected chi connectivity index (χ0v) is 16.6. The van der Waals surface area contributed by atoms with Gasteiger partial charge < -0.3 is 32.0 Å². The number of nitrogens with zero attached hydrogens (tertiary/aromatic N) is 3. The molecular weight excluding hydrogens is 386 g/mol. The van der Waals surface area contributed by atoms with Gasteiger partial charge in [0, 0.05) is 55.2 Å².